The molecule has 0 heterocycles. The van der Waals surface area contributed by atoms with Crippen LogP contribution in [0.15, 0.2) is 0 Å². The molecule has 0 saturated heterocycles. The van der Waals surface area contributed by atoms with E-state index in [4.69, 9.17) is 38.9 Å². The van der Waals surface area contributed by atoms with Gasteiger partial charge in [0.05, 0.1) is 0 Å². The van der Waals surface area contributed by atoms with Gasteiger partial charge in [0.2, 0.25) is 0 Å². The van der Waals surface area contributed by atoms with E-state index in [1.54, 1.807) is 0 Å². The summed E-state index contributed by atoms with van der Waals surface area (Å²) in [6, 6.07) is 0. The quantitative estimate of drug-likeness (QED) is 0.409. The molecule has 0 radical (unpaired) electrons. The van der Waals surface area contributed by atoms with Gasteiger partial charge in [0.25, 0.3) is 0 Å². The van der Waals surface area contributed by atoms with Gasteiger partial charge >= 0.3 is 31.5 Å². The minimum atomic E-state index is -5.17. The number of hydrogen-bond acceptors (Lipinski definition) is 6. The minimum absolute atomic E-state index is 0. The SMILES string of the molecule is C.O=S(=O)(O)F.O=S(=O)(O)F.O=S(=O)(O)F. The van der Waals surface area contributed by atoms with Crippen molar-refractivity contribution in [2.75, 3.05) is 0 Å². The fourth-order valence-corrected chi connectivity index (χ4v) is 0. The van der Waals surface area contributed by atoms with Crippen LogP contribution in [0.1, 0.15) is 7.43 Å². The van der Waals surface area contributed by atoms with E-state index in [0.717, 1.165) is 0 Å². The van der Waals surface area contributed by atoms with Crippen molar-refractivity contribution in [3.8, 4) is 0 Å². The normalized spacial score (nSPS) is 10.9. The van der Waals surface area contributed by atoms with E-state index in [-0.39, 0.29) is 7.43 Å². The lowest BCUT2D eigenvalue weighted by Crippen LogP contribution is -1.80. The second kappa shape index (κ2) is 8.65. The van der Waals surface area contributed by atoms with E-state index >= 15 is 0 Å². The highest BCUT2D eigenvalue weighted by molar-refractivity contribution is 7.80. The summed E-state index contributed by atoms with van der Waals surface area (Å²) < 4.78 is 102. The van der Waals surface area contributed by atoms with Crippen molar-refractivity contribution < 1.29 is 50.6 Å². The summed E-state index contributed by atoms with van der Waals surface area (Å²) in [5.74, 6) is 0. The third-order valence-corrected chi connectivity index (χ3v) is 0. The van der Waals surface area contributed by atoms with Gasteiger partial charge < -0.3 is 0 Å². The Kier molecular flexibility index (Phi) is 13.3. The van der Waals surface area contributed by atoms with E-state index in [1.165, 1.54) is 0 Å². The van der Waals surface area contributed by atoms with Gasteiger partial charge in [0, 0.05) is 0 Å². The lowest BCUT2D eigenvalue weighted by molar-refractivity contribution is 0.432. The zero-order valence-electron chi connectivity index (χ0n) is 6.15. The Balaban J connectivity index is -0.0000000655. The molecule has 0 fully saturated rings. The third kappa shape index (κ3) is 9200. The summed E-state index contributed by atoms with van der Waals surface area (Å²) in [6.07, 6.45) is 0. The standard InChI is InChI=1S/CH4.3FHO3S/c;3*1-5(2,3)4/h1H4;3*(H,2,3,4). The van der Waals surface area contributed by atoms with Crippen molar-refractivity contribution >= 4 is 31.5 Å². The van der Waals surface area contributed by atoms with Gasteiger partial charge in [0.1, 0.15) is 0 Å². The van der Waals surface area contributed by atoms with Crippen molar-refractivity contribution in [2.24, 2.45) is 0 Å². The molecule has 3 N–H and O–H groups in total. The zero-order valence-corrected chi connectivity index (χ0v) is 8.60. The van der Waals surface area contributed by atoms with Crippen molar-refractivity contribution in [1.82, 2.24) is 0 Å². The van der Waals surface area contributed by atoms with Crippen molar-refractivity contribution in [3.05, 3.63) is 0 Å². The highest BCUT2D eigenvalue weighted by Gasteiger charge is 1.90. The van der Waals surface area contributed by atoms with E-state index in [1.807, 2.05) is 0 Å². The Labute approximate surface area is 90.0 Å². The first-order valence-corrected chi connectivity index (χ1v) is 6.03. The maximum Gasteiger partial charge on any atom is 0.435 e. The van der Waals surface area contributed by atoms with Gasteiger partial charge in [-0.15, -0.1) is 0 Å². The first-order valence-electron chi connectivity index (χ1n) is 2.01. The summed E-state index contributed by atoms with van der Waals surface area (Å²) in [6.45, 7) is 0. The molecule has 0 aromatic rings. The van der Waals surface area contributed by atoms with Crippen LogP contribution in [0.4, 0.5) is 11.7 Å². The van der Waals surface area contributed by atoms with Crippen molar-refractivity contribution in [1.29, 1.82) is 0 Å². The van der Waals surface area contributed by atoms with Gasteiger partial charge in [-0.05, 0) is 0 Å². The molecule has 0 aromatic heterocycles. The zero-order chi connectivity index (χ0) is 13.5. The van der Waals surface area contributed by atoms with Crippen LogP contribution in [0.25, 0.3) is 0 Å². The van der Waals surface area contributed by atoms with E-state index in [0.29, 0.717) is 0 Å². The molecule has 0 atom stereocenters. The van der Waals surface area contributed by atoms with Gasteiger partial charge in [-0.3, -0.25) is 13.7 Å². The molecule has 0 aromatic carbocycles. The summed E-state index contributed by atoms with van der Waals surface area (Å²) in [7, 11) is -15.5. The highest BCUT2D eigenvalue weighted by Crippen LogP contribution is 1.74. The molecule has 0 bridgehead atoms. The van der Waals surface area contributed by atoms with Crippen LogP contribution in [0.5, 0.6) is 0 Å². The molecule has 9 nitrogen and oxygen atoms in total. The Hall–Kier alpha value is -0.480. The number of halogens is 3. The average molecular weight is 316 g/mol. The van der Waals surface area contributed by atoms with Crippen LogP contribution in [0.3, 0.4) is 0 Å². The molecule has 0 aliphatic carbocycles. The van der Waals surface area contributed by atoms with Gasteiger partial charge in [0.15, 0.2) is 0 Å². The number of rotatable bonds is 0. The van der Waals surface area contributed by atoms with Crippen LogP contribution >= 0.6 is 0 Å². The summed E-state index contributed by atoms with van der Waals surface area (Å²) in [5, 5.41) is 0. The predicted octanol–water partition coefficient (Wildman–Crippen LogP) is -0.0878. The lowest BCUT2D eigenvalue weighted by Gasteiger charge is -1.63. The Morgan fingerprint density at radius 1 is 0.562 bits per heavy atom. The Morgan fingerprint density at radius 2 is 0.562 bits per heavy atom. The molecule has 16 heavy (non-hydrogen) atoms. The molecule has 0 unspecified atom stereocenters. The van der Waals surface area contributed by atoms with Crippen LogP contribution in [0.2, 0.25) is 0 Å². The largest absolute Gasteiger partial charge is 0.435 e. The van der Waals surface area contributed by atoms with E-state index in [9.17, 15) is 11.7 Å². The molecular formula is CH7F3O9S3. The van der Waals surface area contributed by atoms with Gasteiger partial charge in [-0.25, -0.2) is 0 Å². The van der Waals surface area contributed by atoms with Gasteiger partial charge in [-0.1, -0.05) is 19.1 Å². The smallest absolute Gasteiger partial charge is 0.260 e. The summed E-state index contributed by atoms with van der Waals surface area (Å²) in [5.41, 5.74) is 0. The second-order valence-electron chi connectivity index (χ2n) is 1.24. The second-order valence-corrected chi connectivity index (χ2v) is 3.71. The maximum absolute atomic E-state index is 10.2. The average Bonchev–Trinajstić information content (AvgIpc) is 1.41. The molecular weight excluding hydrogens is 309 g/mol. The predicted molar refractivity (Wildman–Crippen MR) is 44.7 cm³/mol. The Morgan fingerprint density at radius 3 is 0.562 bits per heavy atom. The van der Waals surface area contributed by atoms with Gasteiger partial charge in [-0.2, -0.15) is 25.3 Å². The summed E-state index contributed by atoms with van der Waals surface area (Å²) >= 11 is 0. The van der Waals surface area contributed by atoms with Crippen molar-refractivity contribution in [3.63, 3.8) is 0 Å². The molecule has 0 spiro atoms. The van der Waals surface area contributed by atoms with Crippen LogP contribution in [0, 0.1) is 0 Å². The van der Waals surface area contributed by atoms with Crippen LogP contribution in [-0.2, 0) is 31.5 Å². The monoisotopic (exact) mass is 316 g/mol. The topological polar surface area (TPSA) is 163 Å². The molecule has 0 aliphatic heterocycles. The minimum Gasteiger partial charge on any atom is -0.260 e. The molecule has 15 heteroatoms. The maximum atomic E-state index is 10.2. The molecule has 104 valence electrons. The lowest BCUT2D eigenvalue weighted by atomic mass is 12.0. The fourth-order valence-electron chi connectivity index (χ4n) is 0. The fraction of sp³-hybridized carbons (Fsp3) is 1.00. The number of hydrogen-bond donors (Lipinski definition) is 3. The van der Waals surface area contributed by atoms with Crippen molar-refractivity contribution in [2.45, 2.75) is 7.43 Å². The molecule has 0 amide bonds. The Bertz CT molecular complexity index is 347. The van der Waals surface area contributed by atoms with E-state index in [2.05, 4.69) is 0 Å². The third-order valence-electron chi connectivity index (χ3n) is 0. The first kappa shape index (κ1) is 24.7. The molecule has 0 rings (SSSR count). The molecule has 0 saturated carbocycles. The molecule has 0 aliphatic rings. The van der Waals surface area contributed by atoms with Crippen LogP contribution < -0.4 is 0 Å². The van der Waals surface area contributed by atoms with E-state index < -0.39 is 31.5 Å². The highest BCUT2D eigenvalue weighted by atomic mass is 32.3. The first-order chi connectivity index (χ1) is 6.00. The van der Waals surface area contributed by atoms with Crippen LogP contribution in [-0.4, -0.2) is 38.9 Å². The summed E-state index contributed by atoms with van der Waals surface area (Å²) in [4.78, 5) is 0.